The Kier molecular flexibility index (Phi) is 2.99. The second-order valence-electron chi connectivity index (χ2n) is 4.48. The van der Waals surface area contributed by atoms with Crippen LogP contribution in [0.4, 0.5) is 0 Å². The molecule has 22 heavy (non-hydrogen) atoms. The largest absolute Gasteiger partial charge is 0.506 e. The van der Waals surface area contributed by atoms with Crippen molar-refractivity contribution in [2.24, 2.45) is 0 Å². The number of aromatic hydroxyl groups is 1. The zero-order chi connectivity index (χ0) is 15.9. The fourth-order valence-corrected chi connectivity index (χ4v) is 2.08. The molecule has 0 spiro atoms. The van der Waals surface area contributed by atoms with Gasteiger partial charge in [0.05, 0.1) is 11.1 Å². The number of aromatic carboxylic acids is 2. The topological polar surface area (TPSA) is 126 Å². The van der Waals surface area contributed by atoms with Gasteiger partial charge in [0.25, 0.3) is 0 Å². The Labute approximate surface area is 122 Å². The van der Waals surface area contributed by atoms with E-state index in [4.69, 9.17) is 5.11 Å². The van der Waals surface area contributed by atoms with Crippen molar-refractivity contribution in [3.8, 4) is 11.4 Å². The minimum Gasteiger partial charge on any atom is -0.506 e. The van der Waals surface area contributed by atoms with E-state index in [-0.39, 0.29) is 11.3 Å². The minimum atomic E-state index is -1.39. The van der Waals surface area contributed by atoms with E-state index >= 15 is 0 Å². The number of rotatable bonds is 3. The lowest BCUT2D eigenvalue weighted by atomic mass is 10.1. The normalized spacial score (nSPS) is 10.7. The average molecular weight is 299 g/mol. The van der Waals surface area contributed by atoms with E-state index in [0.29, 0.717) is 11.0 Å². The molecular weight excluding hydrogens is 290 g/mol. The molecule has 1 heterocycles. The summed E-state index contributed by atoms with van der Waals surface area (Å²) in [5.74, 6) is -3.27. The van der Waals surface area contributed by atoms with Crippen molar-refractivity contribution in [3.63, 3.8) is 0 Å². The SMILES string of the molecule is O=C(O)c1cc(O)c(-n2nc3ccccc3n2)c(C(=O)O)c1. The van der Waals surface area contributed by atoms with E-state index in [1.807, 2.05) is 0 Å². The third-order valence-corrected chi connectivity index (χ3v) is 3.05. The van der Waals surface area contributed by atoms with Crippen LogP contribution in [0, 0.1) is 0 Å². The number of fused-ring (bicyclic) bond motifs is 1. The van der Waals surface area contributed by atoms with Crippen LogP contribution in [0.3, 0.4) is 0 Å². The van der Waals surface area contributed by atoms with Gasteiger partial charge in [-0.2, -0.15) is 0 Å². The molecule has 0 saturated carbocycles. The minimum absolute atomic E-state index is 0.186. The quantitative estimate of drug-likeness (QED) is 0.669. The molecule has 0 aliphatic carbocycles. The molecule has 110 valence electrons. The molecular formula is C14H9N3O5. The summed E-state index contributed by atoms with van der Waals surface area (Å²) in [6.45, 7) is 0. The van der Waals surface area contributed by atoms with Crippen molar-refractivity contribution >= 4 is 23.0 Å². The van der Waals surface area contributed by atoms with Gasteiger partial charge in [-0.05, 0) is 24.3 Å². The maximum atomic E-state index is 11.4. The lowest BCUT2D eigenvalue weighted by Crippen LogP contribution is -2.10. The highest BCUT2D eigenvalue weighted by Crippen LogP contribution is 2.28. The highest BCUT2D eigenvalue weighted by molar-refractivity contribution is 5.98. The van der Waals surface area contributed by atoms with Crippen molar-refractivity contribution < 1.29 is 24.9 Å². The third-order valence-electron chi connectivity index (χ3n) is 3.05. The van der Waals surface area contributed by atoms with E-state index in [0.717, 1.165) is 16.9 Å². The van der Waals surface area contributed by atoms with E-state index in [1.54, 1.807) is 24.3 Å². The standard InChI is InChI=1S/C14H9N3O5/c18-11-6-7(13(19)20)5-8(14(21)22)12(11)17-15-9-3-1-2-4-10(9)16-17/h1-6,18H,(H,19,20)(H,21,22). The third kappa shape index (κ3) is 2.12. The summed E-state index contributed by atoms with van der Waals surface area (Å²) in [6, 6.07) is 8.76. The molecule has 0 unspecified atom stereocenters. The van der Waals surface area contributed by atoms with Crippen molar-refractivity contribution in [2.45, 2.75) is 0 Å². The first kappa shape index (κ1) is 13.6. The van der Waals surface area contributed by atoms with Gasteiger partial charge in [0.15, 0.2) is 0 Å². The summed E-state index contributed by atoms with van der Waals surface area (Å²) < 4.78 is 0. The number of phenols is 1. The van der Waals surface area contributed by atoms with Crippen LogP contribution in [-0.4, -0.2) is 42.3 Å². The van der Waals surface area contributed by atoms with E-state index in [1.165, 1.54) is 0 Å². The molecule has 8 heteroatoms. The first-order valence-corrected chi connectivity index (χ1v) is 6.13. The van der Waals surface area contributed by atoms with Gasteiger partial charge in [0, 0.05) is 0 Å². The molecule has 3 rings (SSSR count). The van der Waals surface area contributed by atoms with Gasteiger partial charge in [-0.15, -0.1) is 15.0 Å². The van der Waals surface area contributed by atoms with Crippen LogP contribution in [-0.2, 0) is 0 Å². The number of carboxylic acid groups (broad SMARTS) is 2. The molecule has 0 bridgehead atoms. The number of nitrogens with zero attached hydrogens (tertiary/aromatic N) is 3. The molecule has 2 aromatic carbocycles. The Morgan fingerprint density at radius 1 is 0.955 bits per heavy atom. The summed E-state index contributed by atoms with van der Waals surface area (Å²) in [5, 5.41) is 36.4. The summed E-state index contributed by atoms with van der Waals surface area (Å²) in [7, 11) is 0. The second-order valence-corrected chi connectivity index (χ2v) is 4.48. The van der Waals surface area contributed by atoms with Crippen molar-refractivity contribution in [3.05, 3.63) is 47.5 Å². The molecule has 3 aromatic rings. The Hall–Kier alpha value is -3.42. The van der Waals surface area contributed by atoms with Crippen LogP contribution < -0.4 is 0 Å². The predicted molar refractivity (Wildman–Crippen MR) is 74.4 cm³/mol. The number of benzene rings is 2. The highest BCUT2D eigenvalue weighted by atomic mass is 16.4. The van der Waals surface area contributed by atoms with Gasteiger partial charge in [-0.1, -0.05) is 12.1 Å². The first-order chi connectivity index (χ1) is 10.5. The van der Waals surface area contributed by atoms with E-state index in [9.17, 15) is 19.8 Å². The number of carboxylic acids is 2. The Morgan fingerprint density at radius 2 is 1.55 bits per heavy atom. The molecule has 8 nitrogen and oxygen atoms in total. The summed E-state index contributed by atoms with van der Waals surface area (Å²) >= 11 is 0. The number of carbonyl (C=O) groups is 2. The Balaban J connectivity index is 2.29. The summed E-state index contributed by atoms with van der Waals surface area (Å²) in [6.07, 6.45) is 0. The Morgan fingerprint density at radius 3 is 2.05 bits per heavy atom. The van der Waals surface area contributed by atoms with Gasteiger partial charge in [-0.25, -0.2) is 9.59 Å². The van der Waals surface area contributed by atoms with Crippen LogP contribution >= 0.6 is 0 Å². The molecule has 0 radical (unpaired) electrons. The van der Waals surface area contributed by atoms with Gasteiger partial charge < -0.3 is 15.3 Å². The number of hydrogen-bond donors (Lipinski definition) is 3. The zero-order valence-electron chi connectivity index (χ0n) is 11.0. The number of hydrogen-bond acceptors (Lipinski definition) is 5. The molecule has 0 aliphatic rings. The first-order valence-electron chi connectivity index (χ1n) is 6.13. The maximum absolute atomic E-state index is 11.4. The van der Waals surface area contributed by atoms with Crippen molar-refractivity contribution in [2.75, 3.05) is 0 Å². The maximum Gasteiger partial charge on any atom is 0.338 e. The Bertz CT molecular complexity index is 883. The predicted octanol–water partition coefficient (Wildman–Crippen LogP) is 1.52. The van der Waals surface area contributed by atoms with Crippen LogP contribution in [0.1, 0.15) is 20.7 Å². The molecule has 0 saturated heterocycles. The van der Waals surface area contributed by atoms with Gasteiger partial charge in [0.2, 0.25) is 0 Å². The fraction of sp³-hybridized carbons (Fsp3) is 0. The molecule has 0 aliphatic heterocycles. The molecule has 3 N–H and O–H groups in total. The summed E-state index contributed by atoms with van der Waals surface area (Å²) in [5.41, 5.74) is 0.0999. The van der Waals surface area contributed by atoms with Gasteiger partial charge >= 0.3 is 11.9 Å². The van der Waals surface area contributed by atoms with Crippen LogP contribution in [0.2, 0.25) is 0 Å². The zero-order valence-corrected chi connectivity index (χ0v) is 11.0. The molecule has 0 amide bonds. The lowest BCUT2D eigenvalue weighted by Gasteiger charge is -2.08. The highest BCUT2D eigenvalue weighted by Gasteiger charge is 2.22. The van der Waals surface area contributed by atoms with Crippen LogP contribution in [0.25, 0.3) is 16.7 Å². The van der Waals surface area contributed by atoms with Crippen molar-refractivity contribution in [1.82, 2.24) is 15.0 Å². The van der Waals surface area contributed by atoms with Crippen LogP contribution in [0.5, 0.6) is 5.75 Å². The monoisotopic (exact) mass is 299 g/mol. The molecule has 1 aromatic heterocycles. The number of phenolic OH excluding ortho intramolecular Hbond substituents is 1. The second kappa shape index (κ2) is 4.85. The van der Waals surface area contributed by atoms with E-state index in [2.05, 4.69) is 10.2 Å². The van der Waals surface area contributed by atoms with Gasteiger partial charge in [-0.3, -0.25) is 0 Å². The molecule has 0 atom stereocenters. The average Bonchev–Trinajstić information content (AvgIpc) is 2.89. The van der Waals surface area contributed by atoms with Crippen molar-refractivity contribution in [1.29, 1.82) is 0 Å². The van der Waals surface area contributed by atoms with E-state index < -0.39 is 23.3 Å². The number of aromatic nitrogens is 3. The van der Waals surface area contributed by atoms with Crippen LogP contribution in [0.15, 0.2) is 36.4 Å². The van der Waals surface area contributed by atoms with Gasteiger partial charge in [0.1, 0.15) is 22.5 Å². The summed E-state index contributed by atoms with van der Waals surface area (Å²) in [4.78, 5) is 23.3. The fourth-order valence-electron chi connectivity index (χ4n) is 2.08. The molecule has 0 fully saturated rings. The lowest BCUT2D eigenvalue weighted by molar-refractivity contribution is 0.0695. The smallest absolute Gasteiger partial charge is 0.338 e.